The van der Waals surface area contributed by atoms with Crippen LogP contribution in [0.5, 0.6) is 11.5 Å². The molecule has 0 saturated carbocycles. The molecule has 0 atom stereocenters. The molecule has 3 aromatic rings. The highest BCUT2D eigenvalue weighted by Crippen LogP contribution is 2.32. The summed E-state index contributed by atoms with van der Waals surface area (Å²) in [5, 5.41) is 3.24. The van der Waals surface area contributed by atoms with Crippen LogP contribution in [0.15, 0.2) is 66.7 Å². The first kappa shape index (κ1) is 12.2. The summed E-state index contributed by atoms with van der Waals surface area (Å²) in [6, 6.07) is 22.4. The maximum absolute atomic E-state index is 5.98. The highest BCUT2D eigenvalue weighted by Gasteiger charge is 2.08. The molecule has 0 aromatic heterocycles. The Bertz CT molecular complexity index is 692. The van der Waals surface area contributed by atoms with E-state index in [0.717, 1.165) is 16.8 Å². The topological polar surface area (TPSA) is 9.23 Å². The van der Waals surface area contributed by atoms with Gasteiger partial charge in [0.05, 0.1) is 0 Å². The molecule has 0 radical (unpaired) electrons. The second-order valence-corrected chi connectivity index (χ2v) is 4.87. The Balaban J connectivity index is 2.08. The second kappa shape index (κ2) is 5.45. The molecular weight excluding hydrogens is 300 g/mol. The van der Waals surface area contributed by atoms with Crippen molar-refractivity contribution in [2.75, 3.05) is 0 Å². The Morgan fingerprint density at radius 2 is 1.53 bits per heavy atom. The lowest BCUT2D eigenvalue weighted by Gasteiger charge is -2.12. The van der Waals surface area contributed by atoms with Crippen molar-refractivity contribution >= 4 is 26.7 Å². The van der Waals surface area contributed by atoms with Crippen molar-refractivity contribution < 1.29 is 4.74 Å². The van der Waals surface area contributed by atoms with E-state index in [4.69, 9.17) is 4.74 Å². The van der Waals surface area contributed by atoms with E-state index in [2.05, 4.69) is 46.3 Å². The third kappa shape index (κ3) is 2.49. The number of ether oxygens (including phenoxy) is 1. The predicted octanol–water partition coefficient (Wildman–Crippen LogP) is 5.53. The maximum Gasteiger partial charge on any atom is 0.132 e. The maximum atomic E-state index is 5.98. The van der Waals surface area contributed by atoms with Crippen molar-refractivity contribution in [2.45, 2.75) is 5.33 Å². The number of hydrogen-bond donors (Lipinski definition) is 0. The highest BCUT2D eigenvalue weighted by molar-refractivity contribution is 9.08. The fourth-order valence-corrected chi connectivity index (χ4v) is 2.74. The third-order valence-corrected chi connectivity index (χ3v) is 3.66. The fourth-order valence-electron chi connectivity index (χ4n) is 2.16. The van der Waals surface area contributed by atoms with Crippen LogP contribution in [-0.4, -0.2) is 0 Å². The molecule has 0 bridgehead atoms. The first-order valence-corrected chi connectivity index (χ1v) is 7.30. The number of halogens is 1. The molecular formula is C17H13BrO. The quantitative estimate of drug-likeness (QED) is 0.578. The second-order valence-electron chi connectivity index (χ2n) is 4.31. The van der Waals surface area contributed by atoms with E-state index in [1.165, 1.54) is 16.3 Å². The minimum atomic E-state index is 0.774. The molecule has 0 amide bonds. The first-order chi connectivity index (χ1) is 9.38. The number of fused-ring (bicyclic) bond motifs is 1. The molecule has 0 aliphatic carbocycles. The summed E-state index contributed by atoms with van der Waals surface area (Å²) < 4.78 is 5.98. The Morgan fingerprint density at radius 1 is 0.789 bits per heavy atom. The van der Waals surface area contributed by atoms with Crippen LogP contribution in [0.25, 0.3) is 10.8 Å². The van der Waals surface area contributed by atoms with E-state index in [1.54, 1.807) is 0 Å². The van der Waals surface area contributed by atoms with Gasteiger partial charge in [-0.1, -0.05) is 64.5 Å². The van der Waals surface area contributed by atoms with E-state index in [-0.39, 0.29) is 0 Å². The zero-order chi connectivity index (χ0) is 13.1. The van der Waals surface area contributed by atoms with Crippen molar-refractivity contribution in [3.63, 3.8) is 0 Å². The Hall–Kier alpha value is -1.80. The molecule has 0 N–H and O–H groups in total. The van der Waals surface area contributed by atoms with Gasteiger partial charge in [-0.3, -0.25) is 0 Å². The largest absolute Gasteiger partial charge is 0.457 e. The zero-order valence-corrected chi connectivity index (χ0v) is 11.9. The summed E-state index contributed by atoms with van der Waals surface area (Å²) in [5.41, 5.74) is 1.18. The molecule has 0 aliphatic heterocycles. The van der Waals surface area contributed by atoms with Gasteiger partial charge in [-0.25, -0.2) is 0 Å². The average Bonchev–Trinajstić information content (AvgIpc) is 2.48. The lowest BCUT2D eigenvalue weighted by molar-refractivity contribution is 0.479. The first-order valence-electron chi connectivity index (χ1n) is 6.18. The molecule has 94 valence electrons. The predicted molar refractivity (Wildman–Crippen MR) is 83.1 cm³/mol. The van der Waals surface area contributed by atoms with Gasteiger partial charge in [0.25, 0.3) is 0 Å². The van der Waals surface area contributed by atoms with E-state index in [9.17, 15) is 0 Å². The van der Waals surface area contributed by atoms with Gasteiger partial charge >= 0.3 is 0 Å². The smallest absolute Gasteiger partial charge is 0.132 e. The molecule has 0 heterocycles. The van der Waals surface area contributed by atoms with Gasteiger partial charge in [-0.15, -0.1) is 0 Å². The SMILES string of the molecule is BrCc1c(Oc2ccccc2)ccc2ccccc12. The van der Waals surface area contributed by atoms with Crippen LogP contribution < -0.4 is 4.74 Å². The van der Waals surface area contributed by atoms with Gasteiger partial charge in [-0.2, -0.15) is 0 Å². The summed E-state index contributed by atoms with van der Waals surface area (Å²) >= 11 is 3.56. The molecule has 3 rings (SSSR count). The summed E-state index contributed by atoms with van der Waals surface area (Å²) in [7, 11) is 0. The van der Waals surface area contributed by atoms with Gasteiger partial charge in [-0.05, 0) is 29.0 Å². The molecule has 3 aromatic carbocycles. The molecule has 2 heteroatoms. The van der Waals surface area contributed by atoms with Crippen LogP contribution in [0.4, 0.5) is 0 Å². The van der Waals surface area contributed by atoms with Crippen LogP contribution in [0.1, 0.15) is 5.56 Å². The summed E-state index contributed by atoms with van der Waals surface area (Å²) in [6.07, 6.45) is 0. The van der Waals surface area contributed by atoms with Crippen LogP contribution in [0, 0.1) is 0 Å². The van der Waals surface area contributed by atoms with Crippen molar-refractivity contribution in [2.24, 2.45) is 0 Å². The molecule has 1 nitrogen and oxygen atoms in total. The van der Waals surface area contributed by atoms with Gasteiger partial charge < -0.3 is 4.74 Å². The molecule has 0 aliphatic rings. The van der Waals surface area contributed by atoms with Crippen molar-refractivity contribution in [1.82, 2.24) is 0 Å². The van der Waals surface area contributed by atoms with Crippen LogP contribution >= 0.6 is 15.9 Å². The van der Waals surface area contributed by atoms with E-state index in [1.807, 2.05) is 36.4 Å². The lowest BCUT2D eigenvalue weighted by Crippen LogP contribution is -1.91. The van der Waals surface area contributed by atoms with Crippen molar-refractivity contribution in [3.05, 3.63) is 72.3 Å². The average molecular weight is 313 g/mol. The number of rotatable bonds is 3. The number of hydrogen-bond acceptors (Lipinski definition) is 1. The van der Waals surface area contributed by atoms with Crippen LogP contribution in [0.2, 0.25) is 0 Å². The number of benzene rings is 3. The molecule has 19 heavy (non-hydrogen) atoms. The minimum absolute atomic E-state index is 0.774. The van der Waals surface area contributed by atoms with Gasteiger partial charge in [0.15, 0.2) is 0 Å². The summed E-state index contributed by atoms with van der Waals surface area (Å²) in [4.78, 5) is 0. The van der Waals surface area contributed by atoms with Crippen molar-refractivity contribution in [3.8, 4) is 11.5 Å². The van der Waals surface area contributed by atoms with E-state index >= 15 is 0 Å². The van der Waals surface area contributed by atoms with E-state index in [0.29, 0.717) is 0 Å². The lowest BCUT2D eigenvalue weighted by atomic mass is 10.0. The molecule has 0 spiro atoms. The van der Waals surface area contributed by atoms with Gasteiger partial charge in [0.2, 0.25) is 0 Å². The molecule has 0 fully saturated rings. The standard InChI is InChI=1S/C17H13BrO/c18-12-16-15-9-5-4-6-13(15)10-11-17(16)19-14-7-2-1-3-8-14/h1-11H,12H2. The highest BCUT2D eigenvalue weighted by atomic mass is 79.9. The Labute approximate surface area is 121 Å². The number of alkyl halides is 1. The normalized spacial score (nSPS) is 10.6. The summed E-state index contributed by atoms with van der Waals surface area (Å²) in [5.74, 6) is 1.77. The third-order valence-electron chi connectivity index (χ3n) is 3.10. The van der Waals surface area contributed by atoms with Crippen LogP contribution in [-0.2, 0) is 5.33 Å². The van der Waals surface area contributed by atoms with E-state index < -0.39 is 0 Å². The Kier molecular flexibility index (Phi) is 3.51. The van der Waals surface area contributed by atoms with Gasteiger partial charge in [0, 0.05) is 10.9 Å². The fraction of sp³-hybridized carbons (Fsp3) is 0.0588. The monoisotopic (exact) mass is 312 g/mol. The zero-order valence-electron chi connectivity index (χ0n) is 10.3. The van der Waals surface area contributed by atoms with Gasteiger partial charge in [0.1, 0.15) is 11.5 Å². The molecule has 0 saturated heterocycles. The van der Waals surface area contributed by atoms with Crippen LogP contribution in [0.3, 0.4) is 0 Å². The summed E-state index contributed by atoms with van der Waals surface area (Å²) in [6.45, 7) is 0. The molecule has 0 unspecified atom stereocenters. The van der Waals surface area contributed by atoms with Crippen molar-refractivity contribution in [1.29, 1.82) is 0 Å². The Morgan fingerprint density at radius 3 is 2.32 bits per heavy atom. The number of para-hydroxylation sites is 1. The minimum Gasteiger partial charge on any atom is -0.457 e.